The van der Waals surface area contributed by atoms with Crippen LogP contribution < -0.4 is 0 Å². The number of rotatable bonds is 5. The van der Waals surface area contributed by atoms with Gasteiger partial charge in [0.2, 0.25) is 10.0 Å². The summed E-state index contributed by atoms with van der Waals surface area (Å²) in [5, 5.41) is 5.33. The minimum absolute atomic E-state index is 0.0916. The first kappa shape index (κ1) is 13.1. The van der Waals surface area contributed by atoms with Crippen molar-refractivity contribution in [3.05, 3.63) is 18.0 Å². The number of sulfonamides is 1. The maximum atomic E-state index is 11.6. The fourth-order valence-corrected chi connectivity index (χ4v) is 4.31. The Balaban J connectivity index is 2.77. The number of hydrogen-bond donors (Lipinski definition) is 1. The maximum Gasteiger partial charge on any atom is 0.228 e. The molecule has 1 aromatic rings. The molecule has 0 aliphatic carbocycles. The van der Waals surface area contributed by atoms with Crippen LogP contribution in [0.1, 0.15) is 5.56 Å². The second-order valence-electron chi connectivity index (χ2n) is 3.52. The topological polar surface area (TPSA) is 100 Å². The third kappa shape index (κ3) is 3.91. The van der Waals surface area contributed by atoms with Crippen molar-refractivity contribution >= 4 is 19.9 Å². The smallest absolute Gasteiger partial charge is 0.228 e. The molecule has 0 unspecified atom stereocenters. The zero-order chi connectivity index (χ0) is 12.4. The van der Waals surface area contributed by atoms with E-state index in [0.29, 0.717) is 5.56 Å². The van der Waals surface area contributed by atoms with Gasteiger partial charge < -0.3 is 0 Å². The molecule has 0 saturated heterocycles. The van der Waals surface area contributed by atoms with Gasteiger partial charge in [-0.15, -0.1) is 0 Å². The molecule has 1 aromatic heterocycles. The van der Waals surface area contributed by atoms with Crippen LogP contribution in [0.5, 0.6) is 0 Å². The van der Waals surface area contributed by atoms with E-state index in [1.165, 1.54) is 13.2 Å². The zero-order valence-corrected chi connectivity index (χ0v) is 10.5. The summed E-state index contributed by atoms with van der Waals surface area (Å²) < 4.78 is 46.0. The zero-order valence-electron chi connectivity index (χ0n) is 8.91. The van der Waals surface area contributed by atoms with Gasteiger partial charge >= 0.3 is 0 Å². The molecule has 0 fully saturated rings. The van der Waals surface area contributed by atoms with Crippen molar-refractivity contribution in [3.8, 4) is 0 Å². The molecule has 0 radical (unpaired) electrons. The lowest BCUT2D eigenvalue weighted by Gasteiger charge is -2.15. The summed E-state index contributed by atoms with van der Waals surface area (Å²) in [5.41, 5.74) is 0.666. The summed E-state index contributed by atoms with van der Waals surface area (Å²) in [4.78, 5) is 0. The van der Waals surface area contributed by atoms with E-state index >= 15 is 0 Å². The first-order chi connectivity index (χ1) is 7.21. The number of sulfone groups is 1. The van der Waals surface area contributed by atoms with Crippen LogP contribution in [0.15, 0.2) is 12.4 Å². The van der Waals surface area contributed by atoms with Crippen LogP contribution in [-0.4, -0.2) is 49.7 Å². The lowest BCUT2D eigenvalue weighted by molar-refractivity contribution is 0.470. The Morgan fingerprint density at radius 3 is 2.44 bits per heavy atom. The summed E-state index contributed by atoms with van der Waals surface area (Å²) in [7, 11) is -6.02. The normalized spacial score (nSPS) is 13.2. The van der Waals surface area contributed by atoms with Gasteiger partial charge in [-0.05, 0) is 0 Å². The van der Waals surface area contributed by atoms with Gasteiger partial charge in [0.05, 0.1) is 6.20 Å². The Bertz CT molecular complexity index is 532. The molecule has 0 spiro atoms. The van der Waals surface area contributed by atoms with Crippen LogP contribution >= 0.6 is 0 Å². The van der Waals surface area contributed by atoms with Gasteiger partial charge in [0.25, 0.3) is 0 Å². The minimum Gasteiger partial charge on any atom is -0.285 e. The number of nitrogens with zero attached hydrogens (tertiary/aromatic N) is 2. The number of aromatic amines is 1. The fraction of sp³-hybridized carbons (Fsp3) is 0.571. The van der Waals surface area contributed by atoms with E-state index in [4.69, 9.17) is 0 Å². The Labute approximate surface area is 94.4 Å². The summed E-state index contributed by atoms with van der Waals surface area (Å²) >= 11 is 0. The number of nitrogens with one attached hydrogen (secondary N) is 1. The maximum absolute atomic E-state index is 11.6. The molecule has 1 N–H and O–H groups in total. The van der Waals surface area contributed by atoms with Crippen molar-refractivity contribution in [2.75, 3.05) is 18.4 Å². The highest BCUT2D eigenvalue weighted by Gasteiger charge is 2.23. The lowest BCUT2D eigenvalue weighted by Crippen LogP contribution is -2.31. The van der Waals surface area contributed by atoms with Gasteiger partial charge in [-0.3, -0.25) is 5.10 Å². The Kier molecular flexibility index (Phi) is 3.71. The molecular formula is C7H13N3O4S2. The predicted molar refractivity (Wildman–Crippen MR) is 58.7 cm³/mol. The average Bonchev–Trinajstić information content (AvgIpc) is 2.51. The third-order valence-electron chi connectivity index (χ3n) is 1.80. The Morgan fingerprint density at radius 2 is 2.00 bits per heavy atom. The van der Waals surface area contributed by atoms with E-state index in [9.17, 15) is 16.8 Å². The summed E-state index contributed by atoms with van der Waals surface area (Å²) in [6.07, 6.45) is 3.91. The quantitative estimate of drug-likeness (QED) is 0.750. The SMILES string of the molecule is CN(Cc1cn[nH]c1)S(=O)(=O)CS(C)(=O)=O. The first-order valence-corrected chi connectivity index (χ1v) is 7.97. The van der Waals surface area contributed by atoms with E-state index in [2.05, 4.69) is 10.2 Å². The van der Waals surface area contributed by atoms with Crippen LogP contribution in [-0.2, 0) is 26.4 Å². The van der Waals surface area contributed by atoms with Crippen LogP contribution in [0.3, 0.4) is 0 Å². The van der Waals surface area contributed by atoms with Crippen molar-refractivity contribution in [2.24, 2.45) is 0 Å². The summed E-state index contributed by atoms with van der Waals surface area (Å²) in [6.45, 7) is 0.0916. The van der Waals surface area contributed by atoms with Gasteiger partial charge in [-0.2, -0.15) is 9.40 Å². The average molecular weight is 267 g/mol. The monoisotopic (exact) mass is 267 g/mol. The van der Waals surface area contributed by atoms with Crippen LogP contribution in [0.25, 0.3) is 0 Å². The number of aromatic nitrogens is 2. The standard InChI is InChI=1S/C7H13N3O4S2/c1-10(5-7-3-8-9-4-7)16(13,14)6-15(2,11)12/h3-4H,5-6H2,1-2H3,(H,8,9). The second-order valence-corrected chi connectivity index (χ2v) is 8.10. The minimum atomic E-state index is -3.79. The van der Waals surface area contributed by atoms with Crippen molar-refractivity contribution in [3.63, 3.8) is 0 Å². The van der Waals surface area contributed by atoms with Crippen LogP contribution in [0.4, 0.5) is 0 Å². The van der Waals surface area contributed by atoms with E-state index in [0.717, 1.165) is 10.6 Å². The molecule has 1 rings (SSSR count). The molecule has 9 heteroatoms. The molecule has 7 nitrogen and oxygen atoms in total. The molecule has 0 aromatic carbocycles. The van der Waals surface area contributed by atoms with E-state index < -0.39 is 24.9 Å². The summed E-state index contributed by atoms with van der Waals surface area (Å²) in [6, 6.07) is 0. The molecule has 0 atom stereocenters. The molecule has 0 aliphatic heterocycles. The Morgan fingerprint density at radius 1 is 1.38 bits per heavy atom. The molecular weight excluding hydrogens is 254 g/mol. The molecule has 92 valence electrons. The molecule has 0 saturated carbocycles. The summed E-state index contributed by atoms with van der Waals surface area (Å²) in [5.74, 6) is 0. The molecule has 0 amide bonds. The van der Waals surface area contributed by atoms with Gasteiger partial charge in [0.1, 0.15) is 0 Å². The highest BCUT2D eigenvalue weighted by molar-refractivity contribution is 8.06. The second kappa shape index (κ2) is 4.52. The fourth-order valence-electron chi connectivity index (χ4n) is 1.08. The number of H-pyrrole nitrogens is 1. The molecule has 0 aliphatic rings. The van der Waals surface area contributed by atoms with Crippen molar-refractivity contribution in [1.82, 2.24) is 14.5 Å². The largest absolute Gasteiger partial charge is 0.285 e. The Hall–Kier alpha value is -0.930. The highest BCUT2D eigenvalue weighted by atomic mass is 32.3. The van der Waals surface area contributed by atoms with Gasteiger partial charge in [-0.1, -0.05) is 0 Å². The third-order valence-corrected chi connectivity index (χ3v) is 5.78. The van der Waals surface area contributed by atoms with E-state index in [1.54, 1.807) is 6.20 Å². The van der Waals surface area contributed by atoms with Gasteiger partial charge in [0.15, 0.2) is 14.9 Å². The van der Waals surface area contributed by atoms with Crippen molar-refractivity contribution in [1.29, 1.82) is 0 Å². The predicted octanol–water partition coefficient (Wildman–Crippen LogP) is -0.827. The molecule has 0 bridgehead atoms. The lowest BCUT2D eigenvalue weighted by atomic mass is 10.4. The molecule has 1 heterocycles. The van der Waals surface area contributed by atoms with Crippen molar-refractivity contribution < 1.29 is 16.8 Å². The molecule has 16 heavy (non-hydrogen) atoms. The highest BCUT2D eigenvalue weighted by Crippen LogP contribution is 2.07. The van der Waals surface area contributed by atoms with Crippen molar-refractivity contribution in [2.45, 2.75) is 6.54 Å². The van der Waals surface area contributed by atoms with Gasteiger partial charge in [-0.25, -0.2) is 16.8 Å². The van der Waals surface area contributed by atoms with E-state index in [-0.39, 0.29) is 6.54 Å². The van der Waals surface area contributed by atoms with Crippen LogP contribution in [0.2, 0.25) is 0 Å². The van der Waals surface area contributed by atoms with Crippen LogP contribution in [0, 0.1) is 0 Å². The first-order valence-electron chi connectivity index (χ1n) is 4.30. The number of hydrogen-bond acceptors (Lipinski definition) is 5. The van der Waals surface area contributed by atoms with Gasteiger partial charge in [0, 0.05) is 31.6 Å². The van der Waals surface area contributed by atoms with E-state index in [1.807, 2.05) is 0 Å².